The molecule has 29 heavy (non-hydrogen) atoms. The highest BCUT2D eigenvalue weighted by Crippen LogP contribution is 2.26. The molecule has 1 saturated heterocycles. The van der Waals surface area contributed by atoms with Crippen LogP contribution in [0.3, 0.4) is 0 Å². The lowest BCUT2D eigenvalue weighted by atomic mass is 10.1. The van der Waals surface area contributed by atoms with Gasteiger partial charge < -0.3 is 4.90 Å². The minimum Gasteiger partial charge on any atom is -0.306 e. The lowest BCUT2D eigenvalue weighted by Gasteiger charge is -2.24. The third kappa shape index (κ3) is 5.65. The maximum absolute atomic E-state index is 13.2. The van der Waals surface area contributed by atoms with Gasteiger partial charge in [0.15, 0.2) is 0 Å². The van der Waals surface area contributed by atoms with E-state index in [1.54, 1.807) is 42.5 Å². The van der Waals surface area contributed by atoms with Crippen LogP contribution in [0, 0.1) is 0 Å². The number of amides is 1. The highest BCUT2D eigenvalue weighted by molar-refractivity contribution is 9.10. The van der Waals surface area contributed by atoms with Crippen LogP contribution in [-0.4, -0.2) is 51.6 Å². The average Bonchev–Trinajstić information content (AvgIpc) is 2.72. The van der Waals surface area contributed by atoms with Crippen molar-refractivity contribution in [3.8, 4) is 0 Å². The number of likely N-dealkylation sites (tertiary alicyclic amines) is 1. The van der Waals surface area contributed by atoms with Gasteiger partial charge in [0.2, 0.25) is 0 Å². The number of halogens is 1. The molecule has 2 aromatic rings. The highest BCUT2D eigenvalue weighted by Gasteiger charge is 2.27. The summed E-state index contributed by atoms with van der Waals surface area (Å²) < 4.78 is 28.2. The van der Waals surface area contributed by atoms with Gasteiger partial charge in [-0.1, -0.05) is 40.2 Å². The molecule has 2 aromatic carbocycles. The van der Waals surface area contributed by atoms with E-state index in [9.17, 15) is 13.2 Å². The fraction of sp³-hybridized carbons (Fsp3) is 0.300. The van der Waals surface area contributed by atoms with Gasteiger partial charge in [-0.15, -0.1) is 0 Å². The van der Waals surface area contributed by atoms with E-state index < -0.39 is 15.9 Å². The zero-order valence-electron chi connectivity index (χ0n) is 16.1. The zero-order valence-corrected chi connectivity index (χ0v) is 18.5. The van der Waals surface area contributed by atoms with Crippen molar-refractivity contribution in [3.63, 3.8) is 0 Å². The summed E-state index contributed by atoms with van der Waals surface area (Å²) >= 11 is 3.36. The summed E-state index contributed by atoms with van der Waals surface area (Å²) in [5.74, 6) is -0.490. The number of carbonyl (C=O) groups is 1. The van der Waals surface area contributed by atoms with Gasteiger partial charge in [-0.25, -0.2) is 13.8 Å². The second-order valence-electron chi connectivity index (χ2n) is 6.82. The smallest absolute Gasteiger partial charge is 0.264 e. The minimum atomic E-state index is -3.92. The van der Waals surface area contributed by atoms with Crippen molar-refractivity contribution in [2.75, 3.05) is 31.0 Å². The van der Waals surface area contributed by atoms with E-state index in [2.05, 4.69) is 31.4 Å². The number of piperidine rings is 1. The van der Waals surface area contributed by atoms with Crippen LogP contribution in [0.4, 0.5) is 5.69 Å². The van der Waals surface area contributed by atoms with E-state index in [-0.39, 0.29) is 11.4 Å². The number of benzene rings is 2. The van der Waals surface area contributed by atoms with Crippen molar-refractivity contribution >= 4 is 43.3 Å². The third-order valence-electron chi connectivity index (χ3n) is 4.62. The molecular formula is C20H23BrN4O3S. The molecule has 1 aliphatic rings. The van der Waals surface area contributed by atoms with Crippen molar-refractivity contribution < 1.29 is 13.2 Å². The van der Waals surface area contributed by atoms with Crippen LogP contribution < -0.4 is 9.73 Å². The number of hydrogen-bond acceptors (Lipinski definition) is 5. The molecule has 0 aromatic heterocycles. The molecule has 0 atom stereocenters. The van der Waals surface area contributed by atoms with Gasteiger partial charge in [0.25, 0.3) is 15.9 Å². The summed E-state index contributed by atoms with van der Waals surface area (Å²) in [6.07, 6.45) is 1.57. The maximum Gasteiger partial charge on any atom is 0.264 e. The van der Waals surface area contributed by atoms with Crippen molar-refractivity contribution in [1.82, 2.24) is 10.3 Å². The van der Waals surface area contributed by atoms with Crippen LogP contribution in [0.5, 0.6) is 0 Å². The van der Waals surface area contributed by atoms with Crippen molar-refractivity contribution in [1.29, 1.82) is 0 Å². The lowest BCUT2D eigenvalue weighted by molar-refractivity contribution is -0.119. The Kier molecular flexibility index (Phi) is 7.05. The molecule has 7 nitrogen and oxygen atoms in total. The predicted octanol–water partition coefficient (Wildman–Crippen LogP) is 2.84. The Bertz CT molecular complexity index is 986. The van der Waals surface area contributed by atoms with Crippen LogP contribution in [-0.2, 0) is 14.8 Å². The number of rotatable bonds is 6. The molecule has 1 amide bonds. The van der Waals surface area contributed by atoms with Crippen LogP contribution in [0.2, 0.25) is 0 Å². The van der Waals surface area contributed by atoms with Crippen molar-refractivity contribution in [2.45, 2.75) is 17.7 Å². The summed E-state index contributed by atoms with van der Waals surface area (Å²) in [6.45, 7) is 1.41. The standard InChI is InChI=1S/C20H23BrN4O3S/c1-24-12-10-17(11-13-24)22-23-20(26)15-25(18-7-5-6-16(21)14-18)29(27,28)19-8-3-2-4-9-19/h2-9,14H,10-13,15H2,1H3,(H,23,26). The zero-order chi connectivity index (χ0) is 20.9. The van der Waals surface area contributed by atoms with E-state index in [1.165, 1.54) is 12.1 Å². The van der Waals surface area contributed by atoms with Gasteiger partial charge in [-0.2, -0.15) is 5.10 Å². The predicted molar refractivity (Wildman–Crippen MR) is 117 cm³/mol. The molecule has 1 fully saturated rings. The van der Waals surface area contributed by atoms with Gasteiger partial charge in [0.05, 0.1) is 10.6 Å². The number of nitrogens with zero attached hydrogens (tertiary/aromatic N) is 3. The molecule has 0 unspecified atom stereocenters. The molecule has 1 N–H and O–H groups in total. The molecule has 3 rings (SSSR count). The summed E-state index contributed by atoms with van der Waals surface area (Å²) in [5.41, 5.74) is 3.83. The first-order valence-corrected chi connectivity index (χ1v) is 11.5. The van der Waals surface area contributed by atoms with Gasteiger partial charge in [-0.05, 0) is 37.4 Å². The summed E-state index contributed by atoms with van der Waals surface area (Å²) in [6, 6.07) is 14.9. The molecular weight excluding hydrogens is 456 g/mol. The Labute approximate surface area is 179 Å². The first-order chi connectivity index (χ1) is 13.9. The second-order valence-corrected chi connectivity index (χ2v) is 9.60. The first kappa shape index (κ1) is 21.5. The number of carbonyl (C=O) groups excluding carboxylic acids is 1. The Hall–Kier alpha value is -2.23. The average molecular weight is 479 g/mol. The van der Waals surface area contributed by atoms with Gasteiger partial charge in [-0.3, -0.25) is 9.10 Å². The first-order valence-electron chi connectivity index (χ1n) is 9.22. The van der Waals surface area contributed by atoms with E-state index >= 15 is 0 Å². The topological polar surface area (TPSA) is 82.1 Å². The van der Waals surface area contributed by atoms with E-state index in [1.807, 2.05) is 7.05 Å². The van der Waals surface area contributed by atoms with Gasteiger partial charge in [0.1, 0.15) is 6.54 Å². The number of hydrazone groups is 1. The normalized spacial score (nSPS) is 15.0. The quantitative estimate of drug-likeness (QED) is 0.647. The summed E-state index contributed by atoms with van der Waals surface area (Å²) in [7, 11) is -1.88. The van der Waals surface area contributed by atoms with Gasteiger partial charge in [0, 0.05) is 36.1 Å². The van der Waals surface area contributed by atoms with E-state index in [0.29, 0.717) is 5.69 Å². The van der Waals surface area contributed by atoms with Crippen LogP contribution in [0.15, 0.2) is 69.1 Å². The maximum atomic E-state index is 13.2. The largest absolute Gasteiger partial charge is 0.306 e. The number of anilines is 1. The van der Waals surface area contributed by atoms with Crippen molar-refractivity contribution in [3.05, 3.63) is 59.1 Å². The van der Waals surface area contributed by atoms with Crippen LogP contribution in [0.1, 0.15) is 12.8 Å². The monoisotopic (exact) mass is 478 g/mol. The fourth-order valence-electron chi connectivity index (χ4n) is 2.96. The molecule has 1 heterocycles. The Morgan fingerprint density at radius 2 is 1.83 bits per heavy atom. The molecule has 0 aliphatic carbocycles. The van der Waals surface area contributed by atoms with Crippen LogP contribution >= 0.6 is 15.9 Å². The molecule has 0 saturated carbocycles. The Morgan fingerprint density at radius 3 is 2.48 bits per heavy atom. The highest BCUT2D eigenvalue weighted by atomic mass is 79.9. The molecule has 9 heteroatoms. The van der Waals surface area contributed by atoms with Gasteiger partial charge >= 0.3 is 0 Å². The van der Waals surface area contributed by atoms with Crippen LogP contribution in [0.25, 0.3) is 0 Å². The molecule has 0 radical (unpaired) electrons. The number of sulfonamides is 1. The van der Waals surface area contributed by atoms with E-state index in [0.717, 1.165) is 40.4 Å². The lowest BCUT2D eigenvalue weighted by Crippen LogP contribution is -2.40. The number of nitrogens with one attached hydrogen (secondary N) is 1. The molecule has 154 valence electrons. The SMILES string of the molecule is CN1CCC(=NNC(=O)CN(c2cccc(Br)c2)S(=O)(=O)c2ccccc2)CC1. The number of hydrogen-bond donors (Lipinski definition) is 1. The Balaban J connectivity index is 1.82. The molecule has 1 aliphatic heterocycles. The molecule has 0 spiro atoms. The summed E-state index contributed by atoms with van der Waals surface area (Å²) in [4.78, 5) is 14.9. The van der Waals surface area contributed by atoms with E-state index in [4.69, 9.17) is 0 Å². The molecule has 0 bridgehead atoms. The third-order valence-corrected chi connectivity index (χ3v) is 6.90. The fourth-order valence-corrected chi connectivity index (χ4v) is 4.78. The summed E-state index contributed by atoms with van der Waals surface area (Å²) in [5, 5.41) is 4.20. The van der Waals surface area contributed by atoms with Crippen molar-refractivity contribution in [2.24, 2.45) is 5.10 Å². The second kappa shape index (κ2) is 9.51. The Morgan fingerprint density at radius 1 is 1.14 bits per heavy atom. The minimum absolute atomic E-state index is 0.120.